The fraction of sp³-hybridized carbons (Fsp3) is 0.167. The molecule has 18 heavy (non-hydrogen) atoms. The molecule has 96 valence electrons. The summed E-state index contributed by atoms with van der Waals surface area (Å²) in [6.07, 6.45) is 0. The number of rotatable bonds is 4. The minimum atomic E-state index is -3.47. The topological polar surface area (TPSA) is 60.2 Å². The van der Waals surface area contributed by atoms with Crippen LogP contribution in [0, 0.1) is 0 Å². The lowest BCUT2D eigenvalue weighted by molar-refractivity contribution is 0.584. The fourth-order valence-electron chi connectivity index (χ4n) is 1.72. The third-order valence-corrected chi connectivity index (χ3v) is 6.50. The highest BCUT2D eigenvalue weighted by Gasteiger charge is 2.30. The zero-order chi connectivity index (χ0) is 13.2. The molecule has 6 heteroatoms. The van der Waals surface area contributed by atoms with Crippen LogP contribution in [-0.4, -0.2) is 15.0 Å². The molecule has 2 aromatic rings. The Labute approximate surface area is 115 Å². The van der Waals surface area contributed by atoms with Gasteiger partial charge in [0.2, 0.25) is 0 Å². The van der Waals surface area contributed by atoms with Crippen LogP contribution in [-0.2, 0) is 9.84 Å². The highest BCUT2D eigenvalue weighted by atomic mass is 35.5. The van der Waals surface area contributed by atoms with Crippen molar-refractivity contribution in [3.8, 4) is 0 Å². The normalized spacial score (nSPS) is 13.4. The van der Waals surface area contributed by atoms with Gasteiger partial charge < -0.3 is 5.73 Å². The highest BCUT2D eigenvalue weighted by molar-refractivity contribution is 7.93. The lowest BCUT2D eigenvalue weighted by Crippen LogP contribution is -2.22. The highest BCUT2D eigenvalue weighted by Crippen LogP contribution is 2.34. The van der Waals surface area contributed by atoms with Gasteiger partial charge in [-0.2, -0.15) is 0 Å². The van der Waals surface area contributed by atoms with Crippen molar-refractivity contribution in [1.29, 1.82) is 0 Å². The number of sulfone groups is 1. The van der Waals surface area contributed by atoms with Gasteiger partial charge in [-0.05, 0) is 23.1 Å². The van der Waals surface area contributed by atoms with E-state index in [-0.39, 0.29) is 6.54 Å². The fourth-order valence-corrected chi connectivity index (χ4v) is 4.90. The molecule has 1 heterocycles. The van der Waals surface area contributed by atoms with Gasteiger partial charge in [-0.3, -0.25) is 0 Å². The van der Waals surface area contributed by atoms with Gasteiger partial charge >= 0.3 is 0 Å². The first kappa shape index (κ1) is 13.5. The summed E-state index contributed by atoms with van der Waals surface area (Å²) in [4.78, 5) is 0. The molecule has 2 rings (SSSR count). The Morgan fingerprint density at radius 2 is 1.94 bits per heavy atom. The molecule has 0 radical (unpaired) electrons. The van der Waals surface area contributed by atoms with Crippen LogP contribution in [0.2, 0.25) is 5.02 Å². The van der Waals surface area contributed by atoms with Gasteiger partial charge in [0.05, 0.1) is 0 Å². The van der Waals surface area contributed by atoms with Gasteiger partial charge in [0.25, 0.3) is 0 Å². The van der Waals surface area contributed by atoms with Crippen LogP contribution >= 0.6 is 22.9 Å². The van der Waals surface area contributed by atoms with Crippen molar-refractivity contribution in [1.82, 2.24) is 0 Å². The van der Waals surface area contributed by atoms with Gasteiger partial charge in [0.1, 0.15) is 9.46 Å². The Hall–Kier alpha value is -0.880. The molecule has 3 nitrogen and oxygen atoms in total. The van der Waals surface area contributed by atoms with Crippen molar-refractivity contribution in [3.05, 3.63) is 52.4 Å². The lowest BCUT2D eigenvalue weighted by atomic mass is 10.1. The van der Waals surface area contributed by atoms with Crippen molar-refractivity contribution >= 4 is 32.8 Å². The summed E-state index contributed by atoms with van der Waals surface area (Å²) in [5, 5.41) is 1.35. The molecule has 0 amide bonds. The van der Waals surface area contributed by atoms with Crippen LogP contribution < -0.4 is 5.73 Å². The molecule has 0 spiro atoms. The summed E-state index contributed by atoms with van der Waals surface area (Å²) in [6, 6.07) is 10.2. The Kier molecular flexibility index (Phi) is 4.07. The number of halogens is 1. The third kappa shape index (κ3) is 2.44. The maximum absolute atomic E-state index is 12.4. The van der Waals surface area contributed by atoms with Gasteiger partial charge in [-0.25, -0.2) is 8.42 Å². The third-order valence-electron chi connectivity index (χ3n) is 2.62. The van der Waals surface area contributed by atoms with Crippen LogP contribution in [0.15, 0.2) is 46.0 Å². The van der Waals surface area contributed by atoms with E-state index >= 15 is 0 Å². The predicted molar refractivity (Wildman–Crippen MR) is 74.8 cm³/mol. The van der Waals surface area contributed by atoms with E-state index < -0.39 is 15.1 Å². The number of hydrogen-bond donors (Lipinski definition) is 1. The zero-order valence-corrected chi connectivity index (χ0v) is 11.8. The van der Waals surface area contributed by atoms with E-state index in [2.05, 4.69) is 0 Å². The molecular formula is C12H12ClNO2S2. The van der Waals surface area contributed by atoms with Crippen LogP contribution in [0.1, 0.15) is 10.8 Å². The molecule has 0 fully saturated rings. The smallest absolute Gasteiger partial charge is 0.196 e. The molecule has 0 bridgehead atoms. The second kappa shape index (κ2) is 5.40. The number of nitrogens with two attached hydrogens (primary N) is 1. The lowest BCUT2D eigenvalue weighted by Gasteiger charge is -2.16. The van der Waals surface area contributed by atoms with E-state index in [1.165, 1.54) is 11.3 Å². The first-order valence-electron chi connectivity index (χ1n) is 5.29. The average Bonchev–Trinajstić information content (AvgIpc) is 2.86. The minimum absolute atomic E-state index is 0.00394. The van der Waals surface area contributed by atoms with Gasteiger partial charge in [-0.1, -0.05) is 35.9 Å². The Balaban J connectivity index is 2.51. The second-order valence-corrected chi connectivity index (χ2v) is 7.44. The van der Waals surface area contributed by atoms with E-state index in [1.54, 1.807) is 41.8 Å². The predicted octanol–water partition coefficient (Wildman–Crippen LogP) is 2.88. The zero-order valence-electron chi connectivity index (χ0n) is 9.41. The van der Waals surface area contributed by atoms with Gasteiger partial charge in [0, 0.05) is 11.6 Å². The van der Waals surface area contributed by atoms with Crippen molar-refractivity contribution in [2.75, 3.05) is 6.54 Å². The van der Waals surface area contributed by atoms with Crippen LogP contribution in [0.5, 0.6) is 0 Å². The molecule has 0 saturated heterocycles. The minimum Gasteiger partial charge on any atom is -0.329 e. The molecule has 0 aliphatic rings. The Morgan fingerprint density at radius 3 is 2.50 bits per heavy atom. The summed E-state index contributed by atoms with van der Waals surface area (Å²) in [5.41, 5.74) is 6.18. The number of hydrogen-bond acceptors (Lipinski definition) is 4. The van der Waals surface area contributed by atoms with E-state index in [4.69, 9.17) is 17.3 Å². The van der Waals surface area contributed by atoms with Gasteiger partial charge in [-0.15, -0.1) is 11.3 Å². The Bertz CT molecular complexity index is 623. The molecule has 1 atom stereocenters. The first-order valence-corrected chi connectivity index (χ1v) is 8.09. The second-order valence-electron chi connectivity index (χ2n) is 3.72. The summed E-state index contributed by atoms with van der Waals surface area (Å²) >= 11 is 7.24. The van der Waals surface area contributed by atoms with E-state index in [9.17, 15) is 8.42 Å². The molecule has 2 N–H and O–H groups in total. The SMILES string of the molecule is NCC(c1ccccc1Cl)S(=O)(=O)c1cccs1. The van der Waals surface area contributed by atoms with Crippen molar-refractivity contribution < 1.29 is 8.42 Å². The largest absolute Gasteiger partial charge is 0.329 e. The van der Waals surface area contributed by atoms with Crippen molar-refractivity contribution in [2.45, 2.75) is 9.46 Å². The first-order chi connectivity index (χ1) is 8.57. The average molecular weight is 302 g/mol. The van der Waals surface area contributed by atoms with E-state index in [0.717, 1.165) is 0 Å². The number of thiophene rings is 1. The summed E-state index contributed by atoms with van der Waals surface area (Å²) in [6.45, 7) is 0.00394. The number of benzene rings is 1. The van der Waals surface area contributed by atoms with E-state index in [1.807, 2.05) is 0 Å². The van der Waals surface area contributed by atoms with Crippen molar-refractivity contribution in [2.24, 2.45) is 5.73 Å². The maximum atomic E-state index is 12.4. The van der Waals surface area contributed by atoms with Gasteiger partial charge in [0.15, 0.2) is 9.84 Å². The van der Waals surface area contributed by atoms with Crippen LogP contribution in [0.4, 0.5) is 0 Å². The molecule has 0 aliphatic carbocycles. The molecular weight excluding hydrogens is 290 g/mol. The monoisotopic (exact) mass is 301 g/mol. The summed E-state index contributed by atoms with van der Waals surface area (Å²) in [7, 11) is -3.47. The molecule has 0 saturated carbocycles. The molecule has 1 unspecified atom stereocenters. The van der Waals surface area contributed by atoms with Crippen LogP contribution in [0.3, 0.4) is 0 Å². The van der Waals surface area contributed by atoms with Crippen molar-refractivity contribution in [3.63, 3.8) is 0 Å². The molecule has 1 aromatic carbocycles. The van der Waals surface area contributed by atoms with E-state index in [0.29, 0.717) is 14.8 Å². The summed E-state index contributed by atoms with van der Waals surface area (Å²) in [5.74, 6) is 0. The standard InChI is InChI=1S/C12H12ClNO2S2/c13-10-5-2-1-4-9(10)11(8-14)18(15,16)12-6-3-7-17-12/h1-7,11H,8,14H2. The summed E-state index contributed by atoms with van der Waals surface area (Å²) < 4.78 is 25.2. The Morgan fingerprint density at radius 1 is 1.22 bits per heavy atom. The molecule has 1 aromatic heterocycles. The maximum Gasteiger partial charge on any atom is 0.196 e. The quantitative estimate of drug-likeness (QED) is 0.944. The van der Waals surface area contributed by atoms with Crippen LogP contribution in [0.25, 0.3) is 0 Å². The molecule has 0 aliphatic heterocycles.